The number of nitrogens with one attached hydrogen (secondary N) is 1. The topological polar surface area (TPSA) is 94.2 Å². The molecule has 0 radical (unpaired) electrons. The van der Waals surface area contributed by atoms with Crippen LogP contribution in [0.25, 0.3) is 6.08 Å². The molecule has 33 heavy (non-hydrogen) atoms. The average Bonchev–Trinajstić information content (AvgIpc) is 3.10. The van der Waals surface area contributed by atoms with Crippen LogP contribution in [0.1, 0.15) is 15.9 Å². The zero-order chi connectivity index (χ0) is 24.0. The van der Waals surface area contributed by atoms with Gasteiger partial charge in [0.25, 0.3) is 17.1 Å². The Morgan fingerprint density at radius 3 is 2.36 bits per heavy atom. The molecule has 8 nitrogen and oxygen atoms in total. The van der Waals surface area contributed by atoms with Crippen LogP contribution in [0, 0.1) is 0 Å². The third-order valence-electron chi connectivity index (χ3n) is 4.83. The molecule has 0 atom stereocenters. The van der Waals surface area contributed by atoms with Crippen molar-refractivity contribution in [3.05, 3.63) is 52.4 Å². The normalized spacial score (nSPS) is 14.5. The van der Waals surface area contributed by atoms with Crippen LogP contribution in [0.5, 0.6) is 17.2 Å². The summed E-state index contributed by atoms with van der Waals surface area (Å²) in [6, 6.07) is 10.6. The maximum Gasteiger partial charge on any atom is 0.293 e. The summed E-state index contributed by atoms with van der Waals surface area (Å²) in [7, 11) is 4.51. The van der Waals surface area contributed by atoms with E-state index in [0.717, 1.165) is 21.6 Å². The Morgan fingerprint density at radius 2 is 1.76 bits per heavy atom. The highest BCUT2D eigenvalue weighted by Crippen LogP contribution is 2.40. The Bertz CT molecular complexity index is 1080. The van der Waals surface area contributed by atoms with Crippen molar-refractivity contribution in [2.45, 2.75) is 4.90 Å². The molecule has 1 saturated heterocycles. The van der Waals surface area contributed by atoms with Gasteiger partial charge in [-0.3, -0.25) is 19.3 Å². The molecule has 0 bridgehead atoms. The summed E-state index contributed by atoms with van der Waals surface area (Å²) in [5.41, 5.74) is 1.18. The second-order valence-electron chi connectivity index (χ2n) is 6.75. The lowest BCUT2D eigenvalue weighted by Crippen LogP contribution is -2.37. The number of methoxy groups -OCH3 is 3. The first-order valence-corrected chi connectivity index (χ1v) is 11.9. The number of rotatable bonds is 9. The molecule has 0 aromatic heterocycles. The smallest absolute Gasteiger partial charge is 0.293 e. The zero-order valence-electron chi connectivity index (χ0n) is 18.7. The molecule has 1 fully saturated rings. The second-order valence-corrected chi connectivity index (χ2v) is 8.59. The Balaban J connectivity index is 1.69. The Labute approximate surface area is 200 Å². The van der Waals surface area contributed by atoms with E-state index in [1.165, 1.54) is 33.1 Å². The van der Waals surface area contributed by atoms with Gasteiger partial charge in [0.1, 0.15) is 0 Å². The fourth-order valence-corrected chi connectivity index (χ4v) is 4.70. The molecule has 3 amide bonds. The number of thioether (sulfide) groups is 2. The van der Waals surface area contributed by atoms with Gasteiger partial charge in [-0.25, -0.2) is 0 Å². The van der Waals surface area contributed by atoms with Crippen LogP contribution in [0.3, 0.4) is 0 Å². The monoisotopic (exact) mass is 488 g/mol. The number of carbonyl (C=O) groups is 3. The van der Waals surface area contributed by atoms with Crippen molar-refractivity contribution in [3.63, 3.8) is 0 Å². The van der Waals surface area contributed by atoms with E-state index in [4.69, 9.17) is 14.2 Å². The first kappa shape index (κ1) is 24.5. The van der Waals surface area contributed by atoms with Crippen LogP contribution < -0.4 is 19.5 Å². The third kappa shape index (κ3) is 5.45. The van der Waals surface area contributed by atoms with Crippen LogP contribution in [-0.2, 0) is 4.79 Å². The van der Waals surface area contributed by atoms with Gasteiger partial charge in [0, 0.05) is 18.0 Å². The molecular formula is C23H24N2O6S2. The minimum Gasteiger partial charge on any atom is -0.493 e. The van der Waals surface area contributed by atoms with E-state index >= 15 is 0 Å². The summed E-state index contributed by atoms with van der Waals surface area (Å²) >= 11 is 2.32. The zero-order valence-corrected chi connectivity index (χ0v) is 20.3. The van der Waals surface area contributed by atoms with Crippen molar-refractivity contribution < 1.29 is 28.6 Å². The predicted octanol–water partition coefficient (Wildman–Crippen LogP) is 3.90. The van der Waals surface area contributed by atoms with Crippen molar-refractivity contribution in [2.75, 3.05) is 40.7 Å². The lowest BCUT2D eigenvalue weighted by atomic mass is 10.1. The van der Waals surface area contributed by atoms with E-state index in [0.29, 0.717) is 28.4 Å². The van der Waals surface area contributed by atoms with E-state index in [9.17, 15) is 14.4 Å². The minimum atomic E-state index is -0.419. The summed E-state index contributed by atoms with van der Waals surface area (Å²) in [6.07, 6.45) is 3.50. The number of imide groups is 1. The molecule has 2 aromatic rings. The first-order valence-electron chi connectivity index (χ1n) is 9.90. The molecule has 3 rings (SSSR count). The largest absolute Gasteiger partial charge is 0.493 e. The van der Waals surface area contributed by atoms with Gasteiger partial charge >= 0.3 is 0 Å². The van der Waals surface area contributed by atoms with Crippen LogP contribution >= 0.6 is 23.5 Å². The number of amides is 3. The van der Waals surface area contributed by atoms with Crippen LogP contribution in [-0.4, -0.2) is 62.6 Å². The molecule has 0 spiro atoms. The van der Waals surface area contributed by atoms with Crippen LogP contribution in [0.15, 0.2) is 46.2 Å². The van der Waals surface area contributed by atoms with Gasteiger partial charge in [-0.05, 0) is 53.9 Å². The van der Waals surface area contributed by atoms with E-state index < -0.39 is 11.1 Å². The summed E-state index contributed by atoms with van der Waals surface area (Å²) in [5.74, 6) is 0.646. The van der Waals surface area contributed by atoms with Gasteiger partial charge in [-0.1, -0.05) is 12.1 Å². The van der Waals surface area contributed by atoms with Gasteiger partial charge in [0.15, 0.2) is 11.5 Å². The van der Waals surface area contributed by atoms with Gasteiger partial charge in [0.05, 0.1) is 31.8 Å². The summed E-state index contributed by atoms with van der Waals surface area (Å²) in [4.78, 5) is 40.0. The van der Waals surface area contributed by atoms with Crippen molar-refractivity contribution in [1.29, 1.82) is 0 Å². The van der Waals surface area contributed by atoms with Gasteiger partial charge in [0.2, 0.25) is 5.75 Å². The number of hydrogen-bond donors (Lipinski definition) is 1. The second kappa shape index (κ2) is 11.2. The van der Waals surface area contributed by atoms with E-state index in [1.807, 2.05) is 18.4 Å². The molecule has 0 saturated carbocycles. The maximum atomic E-state index is 12.8. The summed E-state index contributed by atoms with van der Waals surface area (Å²) < 4.78 is 16.0. The highest BCUT2D eigenvalue weighted by Gasteiger charge is 2.34. The fraction of sp³-hybridized carbons (Fsp3) is 0.261. The lowest BCUT2D eigenvalue weighted by Gasteiger charge is -2.14. The molecule has 10 heteroatoms. The van der Waals surface area contributed by atoms with Crippen molar-refractivity contribution in [2.24, 2.45) is 0 Å². The predicted molar refractivity (Wildman–Crippen MR) is 129 cm³/mol. The van der Waals surface area contributed by atoms with Crippen LogP contribution in [0.4, 0.5) is 4.79 Å². The Hall–Kier alpha value is -3.11. The van der Waals surface area contributed by atoms with E-state index in [1.54, 1.807) is 30.3 Å². The molecular weight excluding hydrogens is 464 g/mol. The SMILES string of the molecule is COc1cc(/C=C2\SC(=O)N(CCNC(=O)c3ccccc3SC)C2=O)cc(OC)c1OC. The molecule has 1 aliphatic rings. The van der Waals surface area contributed by atoms with E-state index in [2.05, 4.69) is 5.32 Å². The van der Waals surface area contributed by atoms with Crippen molar-refractivity contribution >= 4 is 46.7 Å². The first-order chi connectivity index (χ1) is 15.9. The Morgan fingerprint density at radius 1 is 1.09 bits per heavy atom. The molecule has 1 N–H and O–H groups in total. The number of nitrogens with zero attached hydrogens (tertiary/aromatic N) is 1. The number of carbonyl (C=O) groups excluding carboxylic acids is 3. The van der Waals surface area contributed by atoms with Gasteiger partial charge in [-0.2, -0.15) is 0 Å². The molecule has 1 aliphatic heterocycles. The standard InChI is InChI=1S/C23H24N2O6S2/c1-29-16-11-14(12-17(30-2)20(16)31-3)13-19-22(27)25(23(28)33-19)10-9-24-21(26)15-7-5-6-8-18(15)32-4/h5-8,11-13H,9-10H2,1-4H3,(H,24,26)/b19-13-. The average molecular weight is 489 g/mol. The number of ether oxygens (including phenoxy) is 3. The lowest BCUT2D eigenvalue weighted by molar-refractivity contribution is -0.122. The van der Waals surface area contributed by atoms with Crippen molar-refractivity contribution in [1.82, 2.24) is 10.2 Å². The van der Waals surface area contributed by atoms with Gasteiger partial charge < -0.3 is 19.5 Å². The maximum absolute atomic E-state index is 12.8. The quantitative estimate of drug-likeness (QED) is 0.420. The van der Waals surface area contributed by atoms with Gasteiger partial charge in [-0.15, -0.1) is 11.8 Å². The molecule has 2 aromatic carbocycles. The third-order valence-corrected chi connectivity index (χ3v) is 6.53. The number of benzene rings is 2. The minimum absolute atomic E-state index is 0.0738. The molecule has 174 valence electrons. The Kier molecular flexibility index (Phi) is 8.29. The molecule has 0 aliphatic carbocycles. The highest BCUT2D eigenvalue weighted by atomic mass is 32.2. The van der Waals surface area contributed by atoms with Crippen LogP contribution in [0.2, 0.25) is 0 Å². The fourth-order valence-electron chi connectivity index (χ4n) is 3.24. The van der Waals surface area contributed by atoms with E-state index in [-0.39, 0.29) is 23.9 Å². The summed E-state index contributed by atoms with van der Waals surface area (Å²) in [6.45, 7) is 0.224. The molecule has 1 heterocycles. The van der Waals surface area contributed by atoms with Crippen molar-refractivity contribution in [3.8, 4) is 17.2 Å². The highest BCUT2D eigenvalue weighted by molar-refractivity contribution is 8.18. The summed E-state index contributed by atoms with van der Waals surface area (Å²) in [5, 5.41) is 2.38. The molecule has 0 unspecified atom stereocenters. The number of hydrogen-bond acceptors (Lipinski definition) is 8.